The van der Waals surface area contributed by atoms with Gasteiger partial charge in [-0.3, -0.25) is 4.79 Å². The quantitative estimate of drug-likeness (QED) is 0.336. The van der Waals surface area contributed by atoms with Crippen molar-refractivity contribution < 1.29 is 40.3 Å². The van der Waals surface area contributed by atoms with Gasteiger partial charge in [0.25, 0.3) is 18.8 Å². The van der Waals surface area contributed by atoms with Gasteiger partial charge >= 0.3 is 12.2 Å². The lowest BCUT2D eigenvalue weighted by Gasteiger charge is -2.42. The maximum Gasteiger partial charge on any atom is 0.433 e. The summed E-state index contributed by atoms with van der Waals surface area (Å²) in [6.45, 7) is -1.64. The summed E-state index contributed by atoms with van der Waals surface area (Å²) >= 11 is 0. The van der Waals surface area contributed by atoms with E-state index in [0.717, 1.165) is 15.6 Å². The van der Waals surface area contributed by atoms with Crippen molar-refractivity contribution >= 4 is 34.6 Å². The summed E-state index contributed by atoms with van der Waals surface area (Å²) < 4.78 is 92.4. The molecule has 0 aromatic carbocycles. The molecule has 5 heterocycles. The van der Waals surface area contributed by atoms with Crippen LogP contribution in [0.3, 0.4) is 0 Å². The Kier molecular flexibility index (Phi) is 6.54. The molecule has 39 heavy (non-hydrogen) atoms. The third kappa shape index (κ3) is 4.69. The standard InChI is InChI=1S/C22H19F7N8O2/c23-15(24)10-35-20(39)37(12-1-2-14(31-7-12)22(27,28)29)19(38)21(35)3-5-34(6-4-21)17-9-30-13-8-32-36(11-16(25)26)18(13)33-17/h1-2,7-9,15-16H,3-6,10-11H2. The van der Waals surface area contributed by atoms with Crippen molar-refractivity contribution in [3.8, 4) is 0 Å². The number of carbonyl (C=O) groups excluding carboxylic acids is 2. The summed E-state index contributed by atoms with van der Waals surface area (Å²) in [4.78, 5) is 41.5. The van der Waals surface area contributed by atoms with Gasteiger partial charge in [-0.1, -0.05) is 0 Å². The molecule has 10 nitrogen and oxygen atoms in total. The number of fused-ring (bicyclic) bond motifs is 1. The van der Waals surface area contributed by atoms with Crippen molar-refractivity contribution in [2.75, 3.05) is 29.4 Å². The summed E-state index contributed by atoms with van der Waals surface area (Å²) in [5.74, 6) is -0.583. The number of aromatic nitrogens is 5. The molecule has 0 aliphatic carbocycles. The number of nitrogens with zero attached hydrogens (tertiary/aromatic N) is 8. The van der Waals surface area contributed by atoms with Gasteiger partial charge in [-0.15, -0.1) is 0 Å². The fourth-order valence-corrected chi connectivity index (χ4v) is 4.86. The third-order valence-corrected chi connectivity index (χ3v) is 6.72. The highest BCUT2D eigenvalue weighted by atomic mass is 19.4. The summed E-state index contributed by atoms with van der Waals surface area (Å²) in [6, 6.07) is 0.384. The molecule has 208 valence electrons. The van der Waals surface area contributed by atoms with Gasteiger partial charge in [0, 0.05) is 13.1 Å². The molecule has 0 N–H and O–H groups in total. The lowest BCUT2D eigenvalue weighted by Crippen LogP contribution is -2.57. The molecule has 17 heteroatoms. The Balaban J connectivity index is 1.41. The number of alkyl halides is 7. The molecule has 5 rings (SSSR count). The number of pyridine rings is 1. The zero-order valence-electron chi connectivity index (χ0n) is 19.8. The average molecular weight is 560 g/mol. The Morgan fingerprint density at radius 2 is 1.62 bits per heavy atom. The van der Waals surface area contributed by atoms with Gasteiger partial charge < -0.3 is 9.80 Å². The van der Waals surface area contributed by atoms with Gasteiger partial charge in [0.2, 0.25) is 0 Å². The predicted octanol–water partition coefficient (Wildman–Crippen LogP) is 3.58. The smallest absolute Gasteiger partial charge is 0.355 e. The minimum absolute atomic E-state index is 0.0566. The Morgan fingerprint density at radius 3 is 2.21 bits per heavy atom. The SMILES string of the molecule is O=C1N(c2ccc(C(F)(F)F)nc2)C(=O)C2(CCN(c3cnc4cnn(CC(F)F)c4n3)CC2)N1CC(F)F. The van der Waals surface area contributed by atoms with Gasteiger partial charge in [0.05, 0.1) is 30.8 Å². The van der Waals surface area contributed by atoms with Gasteiger partial charge in [0.1, 0.15) is 29.1 Å². The molecular formula is C22H19F7N8O2. The first-order valence-electron chi connectivity index (χ1n) is 11.6. The summed E-state index contributed by atoms with van der Waals surface area (Å²) in [7, 11) is 0. The second-order valence-electron chi connectivity index (χ2n) is 9.00. The van der Waals surface area contributed by atoms with E-state index >= 15 is 0 Å². The molecule has 2 fully saturated rings. The number of carbonyl (C=O) groups is 2. The molecule has 0 unspecified atom stereocenters. The van der Waals surface area contributed by atoms with Crippen LogP contribution in [0.15, 0.2) is 30.7 Å². The van der Waals surface area contributed by atoms with Crippen LogP contribution in [0.2, 0.25) is 0 Å². The summed E-state index contributed by atoms with van der Waals surface area (Å²) in [5, 5.41) is 3.85. The Hall–Kier alpha value is -4.05. The lowest BCUT2D eigenvalue weighted by molar-refractivity contribution is -0.141. The van der Waals surface area contributed by atoms with Crippen molar-refractivity contribution in [3.05, 3.63) is 36.4 Å². The van der Waals surface area contributed by atoms with Crippen LogP contribution in [0.4, 0.5) is 47.0 Å². The van der Waals surface area contributed by atoms with Crippen molar-refractivity contribution in [3.63, 3.8) is 0 Å². The fraction of sp³-hybridized carbons (Fsp3) is 0.455. The number of anilines is 2. The largest absolute Gasteiger partial charge is 0.433 e. The second kappa shape index (κ2) is 9.60. The van der Waals surface area contributed by atoms with Crippen LogP contribution in [-0.4, -0.2) is 79.6 Å². The van der Waals surface area contributed by atoms with E-state index in [0.29, 0.717) is 17.2 Å². The molecule has 2 saturated heterocycles. The van der Waals surface area contributed by atoms with Crippen molar-refractivity contribution in [1.29, 1.82) is 0 Å². The first kappa shape index (κ1) is 26.6. The fourth-order valence-electron chi connectivity index (χ4n) is 4.86. The zero-order valence-corrected chi connectivity index (χ0v) is 19.8. The van der Waals surface area contributed by atoms with Crippen LogP contribution in [0.5, 0.6) is 0 Å². The van der Waals surface area contributed by atoms with Gasteiger partial charge in [0.15, 0.2) is 5.65 Å². The average Bonchev–Trinajstić information content (AvgIpc) is 3.35. The van der Waals surface area contributed by atoms with Gasteiger partial charge in [-0.2, -0.15) is 18.3 Å². The molecule has 3 aromatic rings. The summed E-state index contributed by atoms with van der Waals surface area (Å²) in [6.07, 6.45) is -7.26. The maximum atomic E-state index is 13.5. The molecule has 3 aromatic heterocycles. The number of halogens is 7. The number of imide groups is 1. The van der Waals surface area contributed by atoms with Crippen LogP contribution < -0.4 is 9.80 Å². The third-order valence-electron chi connectivity index (χ3n) is 6.72. The number of urea groups is 1. The molecule has 3 amide bonds. The first-order valence-corrected chi connectivity index (χ1v) is 11.6. The Bertz CT molecular complexity index is 1390. The zero-order chi connectivity index (χ0) is 28.1. The summed E-state index contributed by atoms with van der Waals surface area (Å²) in [5.41, 5.74) is -2.80. The maximum absolute atomic E-state index is 13.5. The molecule has 0 atom stereocenters. The van der Waals surface area contributed by atoms with Crippen molar-refractivity contribution in [1.82, 2.24) is 29.6 Å². The highest BCUT2D eigenvalue weighted by Crippen LogP contribution is 2.41. The van der Waals surface area contributed by atoms with E-state index in [2.05, 4.69) is 20.1 Å². The van der Waals surface area contributed by atoms with Crippen LogP contribution in [-0.2, 0) is 17.5 Å². The molecule has 1 spiro atoms. The van der Waals surface area contributed by atoms with E-state index < -0.39 is 55.3 Å². The van der Waals surface area contributed by atoms with Crippen LogP contribution in [0, 0.1) is 0 Å². The molecule has 0 saturated carbocycles. The van der Waals surface area contributed by atoms with Gasteiger partial charge in [-0.05, 0) is 25.0 Å². The molecule has 2 aliphatic rings. The monoisotopic (exact) mass is 560 g/mol. The minimum atomic E-state index is -4.75. The van der Waals surface area contributed by atoms with E-state index in [1.165, 1.54) is 12.4 Å². The van der Waals surface area contributed by atoms with E-state index in [1.54, 1.807) is 4.90 Å². The highest BCUT2D eigenvalue weighted by molar-refractivity contribution is 6.23. The van der Waals surface area contributed by atoms with E-state index in [1.807, 2.05) is 0 Å². The van der Waals surface area contributed by atoms with E-state index in [9.17, 15) is 40.3 Å². The van der Waals surface area contributed by atoms with Gasteiger partial charge in [-0.25, -0.2) is 46.9 Å². The molecule has 2 aliphatic heterocycles. The van der Waals surface area contributed by atoms with Crippen molar-refractivity contribution in [2.45, 2.75) is 44.0 Å². The van der Waals surface area contributed by atoms with Crippen molar-refractivity contribution in [2.24, 2.45) is 0 Å². The number of hydrogen-bond donors (Lipinski definition) is 0. The van der Waals surface area contributed by atoms with E-state index in [-0.39, 0.29) is 48.6 Å². The normalized spacial score (nSPS) is 18.0. The van der Waals surface area contributed by atoms with E-state index in [4.69, 9.17) is 0 Å². The first-order chi connectivity index (χ1) is 18.4. The van der Waals surface area contributed by atoms with Crippen LogP contribution in [0.25, 0.3) is 11.2 Å². The Morgan fingerprint density at radius 1 is 0.923 bits per heavy atom. The second-order valence-corrected chi connectivity index (χ2v) is 9.00. The number of hydrogen-bond acceptors (Lipinski definition) is 7. The molecule has 0 bridgehead atoms. The number of piperidine rings is 1. The number of rotatable bonds is 6. The van der Waals surface area contributed by atoms with Crippen LogP contribution >= 0.6 is 0 Å². The molecular weight excluding hydrogens is 541 g/mol. The number of amides is 3. The minimum Gasteiger partial charge on any atom is -0.355 e. The lowest BCUT2D eigenvalue weighted by atomic mass is 9.85. The predicted molar refractivity (Wildman–Crippen MR) is 120 cm³/mol. The highest BCUT2D eigenvalue weighted by Gasteiger charge is 2.59. The van der Waals surface area contributed by atoms with Crippen LogP contribution in [0.1, 0.15) is 18.5 Å². The molecule has 0 radical (unpaired) electrons. The topological polar surface area (TPSA) is 100 Å². The Labute approximate surface area is 215 Å².